The molecule has 1 saturated heterocycles. The first kappa shape index (κ1) is 16.4. The Kier molecular flexibility index (Phi) is 5.06. The first-order chi connectivity index (χ1) is 11.7. The molecule has 0 unspecified atom stereocenters. The zero-order valence-electron chi connectivity index (χ0n) is 14.1. The topological polar surface area (TPSA) is 90.9 Å². The van der Waals surface area contributed by atoms with Crippen LogP contribution in [0.1, 0.15) is 35.9 Å². The van der Waals surface area contributed by atoms with Crippen molar-refractivity contribution >= 4 is 5.82 Å². The number of rotatable bonds is 5. The fourth-order valence-electron chi connectivity index (χ4n) is 2.94. The Bertz CT molecular complexity index is 707. The quantitative estimate of drug-likeness (QED) is 0.901. The first-order valence-electron chi connectivity index (χ1n) is 8.26. The lowest BCUT2D eigenvalue weighted by Crippen LogP contribution is -2.35. The lowest BCUT2D eigenvalue weighted by Gasteiger charge is -2.31. The molecule has 0 atom stereocenters. The van der Waals surface area contributed by atoms with Gasteiger partial charge >= 0.3 is 0 Å². The standard InChI is InChI=1S/C17H22N6O/c1-12-13(2)24-16(22-12)11-23-7-3-14(4-8-23)10-21-17-15(9-18)19-5-6-20-17/h5-6,14H,3-4,7-8,10-11H2,1-2H3,(H,20,21). The van der Waals surface area contributed by atoms with Gasteiger partial charge in [0, 0.05) is 18.9 Å². The Morgan fingerprint density at radius 1 is 1.29 bits per heavy atom. The van der Waals surface area contributed by atoms with E-state index >= 15 is 0 Å². The predicted molar refractivity (Wildman–Crippen MR) is 89.2 cm³/mol. The predicted octanol–water partition coefficient (Wildman–Crippen LogP) is 2.28. The fourth-order valence-corrected chi connectivity index (χ4v) is 2.94. The van der Waals surface area contributed by atoms with Gasteiger partial charge in [0.1, 0.15) is 11.8 Å². The highest BCUT2D eigenvalue weighted by atomic mass is 16.4. The second kappa shape index (κ2) is 7.41. The molecule has 3 heterocycles. The zero-order chi connectivity index (χ0) is 16.9. The molecular weight excluding hydrogens is 304 g/mol. The summed E-state index contributed by atoms with van der Waals surface area (Å²) in [6, 6.07) is 2.06. The van der Waals surface area contributed by atoms with Crippen molar-refractivity contribution in [2.24, 2.45) is 5.92 Å². The maximum absolute atomic E-state index is 9.04. The molecule has 0 bridgehead atoms. The molecule has 0 amide bonds. The van der Waals surface area contributed by atoms with Crippen LogP contribution in [0.3, 0.4) is 0 Å². The van der Waals surface area contributed by atoms with E-state index in [1.807, 2.05) is 13.8 Å². The molecule has 1 aliphatic rings. The highest BCUT2D eigenvalue weighted by molar-refractivity contribution is 5.46. The third kappa shape index (κ3) is 3.89. The fraction of sp³-hybridized carbons (Fsp3) is 0.529. The smallest absolute Gasteiger partial charge is 0.208 e. The van der Waals surface area contributed by atoms with Crippen LogP contribution in [-0.4, -0.2) is 39.5 Å². The number of hydrogen-bond donors (Lipinski definition) is 1. The average Bonchev–Trinajstić information content (AvgIpc) is 2.92. The maximum atomic E-state index is 9.04. The van der Waals surface area contributed by atoms with Gasteiger partial charge in [-0.3, -0.25) is 4.90 Å². The maximum Gasteiger partial charge on any atom is 0.208 e. The van der Waals surface area contributed by atoms with Gasteiger partial charge in [0.05, 0.1) is 12.2 Å². The normalized spacial score (nSPS) is 16.0. The van der Waals surface area contributed by atoms with Crippen molar-refractivity contribution < 1.29 is 4.42 Å². The van der Waals surface area contributed by atoms with Gasteiger partial charge in [-0.05, 0) is 45.7 Å². The summed E-state index contributed by atoms with van der Waals surface area (Å²) in [5, 5.41) is 12.3. The van der Waals surface area contributed by atoms with Crippen molar-refractivity contribution in [2.45, 2.75) is 33.2 Å². The van der Waals surface area contributed by atoms with E-state index in [0.29, 0.717) is 17.4 Å². The molecule has 1 aliphatic heterocycles. The number of nitriles is 1. The van der Waals surface area contributed by atoms with Crippen molar-refractivity contribution in [3.63, 3.8) is 0 Å². The van der Waals surface area contributed by atoms with Crippen LogP contribution in [0, 0.1) is 31.1 Å². The molecule has 0 aromatic carbocycles. The van der Waals surface area contributed by atoms with E-state index in [9.17, 15) is 0 Å². The van der Waals surface area contributed by atoms with Crippen LogP contribution in [-0.2, 0) is 6.54 Å². The lowest BCUT2D eigenvalue weighted by atomic mass is 9.97. The number of hydrogen-bond acceptors (Lipinski definition) is 7. The second-order valence-corrected chi connectivity index (χ2v) is 6.21. The first-order valence-corrected chi connectivity index (χ1v) is 8.26. The highest BCUT2D eigenvalue weighted by Crippen LogP contribution is 2.20. The van der Waals surface area contributed by atoms with Crippen LogP contribution in [0.4, 0.5) is 5.82 Å². The Morgan fingerprint density at radius 2 is 2.04 bits per heavy atom. The van der Waals surface area contributed by atoms with Crippen LogP contribution >= 0.6 is 0 Å². The van der Waals surface area contributed by atoms with E-state index in [-0.39, 0.29) is 0 Å². The minimum atomic E-state index is 0.351. The summed E-state index contributed by atoms with van der Waals surface area (Å²) >= 11 is 0. The van der Waals surface area contributed by atoms with Gasteiger partial charge in [-0.1, -0.05) is 0 Å². The van der Waals surface area contributed by atoms with E-state index in [1.54, 1.807) is 6.20 Å². The van der Waals surface area contributed by atoms with Gasteiger partial charge in [-0.15, -0.1) is 0 Å². The Balaban J connectivity index is 1.46. The number of aryl methyl sites for hydroxylation is 2. The molecule has 0 spiro atoms. The van der Waals surface area contributed by atoms with Gasteiger partial charge < -0.3 is 9.73 Å². The molecule has 0 saturated carbocycles. The lowest BCUT2D eigenvalue weighted by molar-refractivity contribution is 0.167. The summed E-state index contributed by atoms with van der Waals surface area (Å²) in [5.74, 6) is 2.86. The number of nitrogens with one attached hydrogen (secondary N) is 1. The largest absolute Gasteiger partial charge is 0.444 e. The minimum absolute atomic E-state index is 0.351. The summed E-state index contributed by atoms with van der Waals surface area (Å²) in [6.45, 7) is 7.57. The van der Waals surface area contributed by atoms with Crippen molar-refractivity contribution in [3.8, 4) is 6.07 Å². The molecule has 7 heteroatoms. The van der Waals surface area contributed by atoms with Gasteiger partial charge in [0.25, 0.3) is 0 Å². The number of anilines is 1. The van der Waals surface area contributed by atoms with Crippen LogP contribution in [0.2, 0.25) is 0 Å². The Morgan fingerprint density at radius 3 is 2.71 bits per heavy atom. The van der Waals surface area contributed by atoms with Gasteiger partial charge in [-0.25, -0.2) is 15.0 Å². The molecule has 7 nitrogen and oxygen atoms in total. The molecule has 1 N–H and O–H groups in total. The van der Waals surface area contributed by atoms with E-state index in [1.165, 1.54) is 6.20 Å². The second-order valence-electron chi connectivity index (χ2n) is 6.21. The number of likely N-dealkylation sites (tertiary alicyclic amines) is 1. The molecule has 2 aromatic heterocycles. The van der Waals surface area contributed by atoms with Crippen molar-refractivity contribution in [2.75, 3.05) is 25.0 Å². The zero-order valence-corrected chi connectivity index (χ0v) is 14.1. The number of aromatic nitrogens is 3. The monoisotopic (exact) mass is 326 g/mol. The summed E-state index contributed by atoms with van der Waals surface area (Å²) in [4.78, 5) is 15.0. The molecule has 3 rings (SSSR count). The summed E-state index contributed by atoms with van der Waals surface area (Å²) in [5.41, 5.74) is 1.32. The Hall–Kier alpha value is -2.46. The summed E-state index contributed by atoms with van der Waals surface area (Å²) < 4.78 is 5.66. The highest BCUT2D eigenvalue weighted by Gasteiger charge is 2.21. The van der Waals surface area contributed by atoms with E-state index < -0.39 is 0 Å². The molecule has 24 heavy (non-hydrogen) atoms. The molecule has 126 valence electrons. The van der Waals surface area contributed by atoms with Crippen LogP contribution < -0.4 is 5.32 Å². The third-order valence-electron chi connectivity index (χ3n) is 4.50. The summed E-state index contributed by atoms with van der Waals surface area (Å²) in [7, 11) is 0. The number of oxazole rings is 1. The molecular formula is C17H22N6O. The van der Waals surface area contributed by atoms with Gasteiger partial charge in [-0.2, -0.15) is 5.26 Å². The molecule has 2 aromatic rings. The number of nitrogens with zero attached hydrogens (tertiary/aromatic N) is 5. The van der Waals surface area contributed by atoms with E-state index in [0.717, 1.165) is 56.4 Å². The van der Waals surface area contributed by atoms with E-state index in [2.05, 4.69) is 31.2 Å². The van der Waals surface area contributed by atoms with Crippen LogP contribution in [0.25, 0.3) is 0 Å². The third-order valence-corrected chi connectivity index (χ3v) is 4.50. The molecule has 1 fully saturated rings. The van der Waals surface area contributed by atoms with Crippen molar-refractivity contribution in [1.29, 1.82) is 5.26 Å². The van der Waals surface area contributed by atoms with Crippen molar-refractivity contribution in [1.82, 2.24) is 19.9 Å². The average molecular weight is 326 g/mol. The van der Waals surface area contributed by atoms with E-state index in [4.69, 9.17) is 9.68 Å². The molecule has 0 aliphatic carbocycles. The van der Waals surface area contributed by atoms with Crippen molar-refractivity contribution in [3.05, 3.63) is 35.4 Å². The Labute approximate surface area is 141 Å². The SMILES string of the molecule is Cc1nc(CN2CCC(CNc3nccnc3C#N)CC2)oc1C. The number of piperidine rings is 1. The van der Waals surface area contributed by atoms with Gasteiger partial charge in [0.15, 0.2) is 11.5 Å². The van der Waals surface area contributed by atoms with Crippen LogP contribution in [0.15, 0.2) is 16.8 Å². The molecule has 0 radical (unpaired) electrons. The van der Waals surface area contributed by atoms with Gasteiger partial charge in [0.2, 0.25) is 5.89 Å². The van der Waals surface area contributed by atoms with Crippen LogP contribution in [0.5, 0.6) is 0 Å². The minimum Gasteiger partial charge on any atom is -0.444 e. The summed E-state index contributed by atoms with van der Waals surface area (Å²) in [6.07, 6.45) is 5.35.